The third-order valence-corrected chi connectivity index (χ3v) is 3.44. The van der Waals surface area contributed by atoms with Crippen molar-refractivity contribution in [2.45, 2.75) is 32.3 Å². The van der Waals surface area contributed by atoms with Crippen LogP contribution >= 0.6 is 11.3 Å². The number of nitrogens with zero attached hydrogens (tertiary/aromatic N) is 1. The first-order chi connectivity index (χ1) is 7.34. The van der Waals surface area contributed by atoms with Crippen LogP contribution in [0.15, 0.2) is 5.38 Å². The molecule has 1 aromatic heterocycles. The first-order valence-corrected chi connectivity index (χ1v) is 6.46. The van der Waals surface area contributed by atoms with Crippen molar-refractivity contribution in [2.24, 2.45) is 0 Å². The summed E-state index contributed by atoms with van der Waals surface area (Å²) < 4.78 is 5.53. The van der Waals surface area contributed by atoms with E-state index in [-0.39, 0.29) is 0 Å². The van der Waals surface area contributed by atoms with Gasteiger partial charge in [0.25, 0.3) is 0 Å². The van der Waals surface area contributed by atoms with E-state index in [1.54, 1.807) is 11.3 Å². The highest BCUT2D eigenvalue weighted by Crippen LogP contribution is 2.11. The lowest BCUT2D eigenvalue weighted by Crippen LogP contribution is -2.27. The molecule has 4 heteroatoms. The second-order valence-electron chi connectivity index (χ2n) is 3.95. The minimum atomic E-state index is 0.446. The van der Waals surface area contributed by atoms with Gasteiger partial charge in [0.15, 0.2) is 0 Å². The van der Waals surface area contributed by atoms with Gasteiger partial charge >= 0.3 is 0 Å². The average Bonchev–Trinajstić information content (AvgIpc) is 2.84. The fourth-order valence-corrected chi connectivity index (χ4v) is 2.46. The van der Waals surface area contributed by atoms with Gasteiger partial charge in [-0.05, 0) is 19.8 Å². The standard InChI is InChI=1S/C11H18N2OS/c1-9-13-10(8-15-9)4-5-12-7-11-3-2-6-14-11/h8,11-12H,2-7H2,1H3. The van der Waals surface area contributed by atoms with Crippen LogP contribution < -0.4 is 5.32 Å². The molecule has 1 aliphatic heterocycles. The summed E-state index contributed by atoms with van der Waals surface area (Å²) in [4.78, 5) is 4.43. The fraction of sp³-hybridized carbons (Fsp3) is 0.727. The van der Waals surface area contributed by atoms with E-state index in [1.165, 1.54) is 18.5 Å². The number of thiazole rings is 1. The second kappa shape index (κ2) is 5.58. The number of ether oxygens (including phenoxy) is 1. The summed E-state index contributed by atoms with van der Waals surface area (Å²) in [5.41, 5.74) is 1.21. The van der Waals surface area contributed by atoms with E-state index in [0.717, 1.165) is 31.1 Å². The molecule has 0 aromatic carbocycles. The highest BCUT2D eigenvalue weighted by molar-refractivity contribution is 7.09. The highest BCUT2D eigenvalue weighted by atomic mass is 32.1. The summed E-state index contributed by atoms with van der Waals surface area (Å²) in [6.45, 7) is 4.98. The first-order valence-electron chi connectivity index (χ1n) is 5.58. The summed E-state index contributed by atoms with van der Waals surface area (Å²) in [5.74, 6) is 0. The molecule has 84 valence electrons. The van der Waals surface area contributed by atoms with Crippen molar-refractivity contribution in [3.8, 4) is 0 Å². The van der Waals surface area contributed by atoms with Crippen molar-refractivity contribution in [3.63, 3.8) is 0 Å². The van der Waals surface area contributed by atoms with E-state index in [9.17, 15) is 0 Å². The number of hydrogen-bond acceptors (Lipinski definition) is 4. The van der Waals surface area contributed by atoms with Gasteiger partial charge in [0.2, 0.25) is 0 Å². The molecule has 0 bridgehead atoms. The predicted molar refractivity (Wildman–Crippen MR) is 62.4 cm³/mol. The normalized spacial score (nSPS) is 21.0. The summed E-state index contributed by atoms with van der Waals surface area (Å²) in [6, 6.07) is 0. The molecule has 1 saturated heterocycles. The van der Waals surface area contributed by atoms with Gasteiger partial charge in [-0.2, -0.15) is 0 Å². The minimum absolute atomic E-state index is 0.446. The highest BCUT2D eigenvalue weighted by Gasteiger charge is 2.14. The number of aryl methyl sites for hydroxylation is 1. The maximum atomic E-state index is 5.53. The monoisotopic (exact) mass is 226 g/mol. The third kappa shape index (κ3) is 3.55. The Kier molecular flexibility index (Phi) is 4.11. The maximum Gasteiger partial charge on any atom is 0.0897 e. The van der Waals surface area contributed by atoms with Gasteiger partial charge in [-0.25, -0.2) is 4.98 Å². The SMILES string of the molecule is Cc1nc(CCNCC2CCCO2)cs1. The van der Waals surface area contributed by atoms with Crippen LogP contribution in [0.3, 0.4) is 0 Å². The van der Waals surface area contributed by atoms with Gasteiger partial charge < -0.3 is 10.1 Å². The first kappa shape index (κ1) is 11.0. The molecule has 1 aromatic rings. The lowest BCUT2D eigenvalue weighted by atomic mass is 10.2. The molecule has 2 heterocycles. The topological polar surface area (TPSA) is 34.2 Å². The van der Waals surface area contributed by atoms with E-state index in [1.807, 2.05) is 6.92 Å². The Morgan fingerprint density at radius 1 is 1.67 bits per heavy atom. The lowest BCUT2D eigenvalue weighted by Gasteiger charge is -2.09. The van der Waals surface area contributed by atoms with Crippen LogP contribution in [-0.4, -0.2) is 30.8 Å². The molecule has 3 nitrogen and oxygen atoms in total. The van der Waals surface area contributed by atoms with E-state index >= 15 is 0 Å². The van der Waals surface area contributed by atoms with Crippen LogP contribution in [0.4, 0.5) is 0 Å². The van der Waals surface area contributed by atoms with Crippen molar-refractivity contribution >= 4 is 11.3 Å². The van der Waals surface area contributed by atoms with Gasteiger partial charge in [0, 0.05) is 31.5 Å². The van der Waals surface area contributed by atoms with Crippen LogP contribution in [0.1, 0.15) is 23.5 Å². The molecule has 1 fully saturated rings. The summed E-state index contributed by atoms with van der Waals surface area (Å²) in [6.07, 6.45) is 3.90. The molecule has 1 N–H and O–H groups in total. The van der Waals surface area contributed by atoms with E-state index in [2.05, 4.69) is 15.7 Å². The van der Waals surface area contributed by atoms with Crippen LogP contribution in [0, 0.1) is 6.92 Å². The summed E-state index contributed by atoms with van der Waals surface area (Å²) in [7, 11) is 0. The van der Waals surface area contributed by atoms with Gasteiger partial charge in [-0.15, -0.1) is 11.3 Å². The number of rotatable bonds is 5. The summed E-state index contributed by atoms with van der Waals surface area (Å²) >= 11 is 1.72. The predicted octanol–water partition coefficient (Wildman–Crippen LogP) is 1.76. The van der Waals surface area contributed by atoms with E-state index in [0.29, 0.717) is 6.10 Å². The zero-order valence-electron chi connectivity index (χ0n) is 9.16. The quantitative estimate of drug-likeness (QED) is 0.777. The molecular weight excluding hydrogens is 208 g/mol. The number of aromatic nitrogens is 1. The van der Waals surface area contributed by atoms with Crippen molar-refractivity contribution < 1.29 is 4.74 Å². The molecule has 0 aliphatic carbocycles. The van der Waals surface area contributed by atoms with E-state index < -0.39 is 0 Å². The molecular formula is C11H18N2OS. The molecule has 0 spiro atoms. The molecule has 15 heavy (non-hydrogen) atoms. The Morgan fingerprint density at radius 2 is 2.60 bits per heavy atom. The van der Waals surface area contributed by atoms with Gasteiger partial charge in [-0.1, -0.05) is 0 Å². The Bertz CT molecular complexity index is 295. The van der Waals surface area contributed by atoms with E-state index in [4.69, 9.17) is 4.74 Å². The van der Waals surface area contributed by atoms with Gasteiger partial charge in [0.1, 0.15) is 0 Å². The van der Waals surface area contributed by atoms with Crippen LogP contribution in [-0.2, 0) is 11.2 Å². The largest absolute Gasteiger partial charge is 0.377 e. The van der Waals surface area contributed by atoms with Gasteiger partial charge in [-0.3, -0.25) is 0 Å². The lowest BCUT2D eigenvalue weighted by molar-refractivity contribution is 0.110. The molecule has 2 rings (SSSR count). The van der Waals surface area contributed by atoms with Crippen molar-refractivity contribution in [1.82, 2.24) is 10.3 Å². The minimum Gasteiger partial charge on any atom is -0.377 e. The smallest absolute Gasteiger partial charge is 0.0897 e. The molecule has 0 amide bonds. The Morgan fingerprint density at radius 3 is 3.27 bits per heavy atom. The summed E-state index contributed by atoms with van der Waals surface area (Å²) in [5, 5.41) is 6.72. The maximum absolute atomic E-state index is 5.53. The molecule has 1 unspecified atom stereocenters. The Balaban J connectivity index is 1.58. The fourth-order valence-electron chi connectivity index (χ4n) is 1.81. The number of hydrogen-bond donors (Lipinski definition) is 1. The zero-order chi connectivity index (χ0) is 10.5. The molecule has 0 radical (unpaired) electrons. The van der Waals surface area contributed by atoms with Crippen LogP contribution in [0.2, 0.25) is 0 Å². The van der Waals surface area contributed by atoms with Crippen molar-refractivity contribution in [2.75, 3.05) is 19.7 Å². The van der Waals surface area contributed by atoms with Crippen molar-refractivity contribution in [3.05, 3.63) is 16.1 Å². The Labute approximate surface area is 94.9 Å². The molecule has 1 aliphatic rings. The van der Waals surface area contributed by atoms with Crippen LogP contribution in [0.25, 0.3) is 0 Å². The van der Waals surface area contributed by atoms with Crippen molar-refractivity contribution in [1.29, 1.82) is 0 Å². The molecule has 0 saturated carbocycles. The third-order valence-electron chi connectivity index (χ3n) is 2.62. The Hall–Kier alpha value is -0.450. The van der Waals surface area contributed by atoms with Gasteiger partial charge in [0.05, 0.1) is 16.8 Å². The second-order valence-corrected chi connectivity index (χ2v) is 5.01. The zero-order valence-corrected chi connectivity index (χ0v) is 9.98. The number of nitrogens with one attached hydrogen (secondary N) is 1. The van der Waals surface area contributed by atoms with Crippen LogP contribution in [0.5, 0.6) is 0 Å². The molecule has 1 atom stereocenters. The average molecular weight is 226 g/mol.